The lowest BCUT2D eigenvalue weighted by Crippen LogP contribution is -1.75. The van der Waals surface area contributed by atoms with Crippen LogP contribution in [0.1, 0.15) is 0 Å². The molecule has 18 heavy (non-hydrogen) atoms. The van der Waals surface area contributed by atoms with Gasteiger partial charge < -0.3 is 19.7 Å². The summed E-state index contributed by atoms with van der Waals surface area (Å²) < 4.78 is 5.56. The van der Waals surface area contributed by atoms with Crippen molar-refractivity contribution in [2.75, 3.05) is 0 Å². The van der Waals surface area contributed by atoms with Crippen LogP contribution in [0.3, 0.4) is 0 Å². The van der Waals surface area contributed by atoms with Crippen molar-refractivity contribution in [3.63, 3.8) is 0 Å². The topological polar surface area (TPSA) is 73.8 Å². The Morgan fingerprint density at radius 2 is 1.50 bits per heavy atom. The van der Waals surface area contributed by atoms with E-state index in [9.17, 15) is 15.3 Å². The molecular formula is C14H10O4. The van der Waals surface area contributed by atoms with Gasteiger partial charge in [-0.1, -0.05) is 0 Å². The molecule has 4 heteroatoms. The van der Waals surface area contributed by atoms with Gasteiger partial charge in [0.25, 0.3) is 0 Å². The molecule has 0 amide bonds. The number of furan rings is 1. The molecule has 0 radical (unpaired) electrons. The summed E-state index contributed by atoms with van der Waals surface area (Å²) in [4.78, 5) is 0. The van der Waals surface area contributed by atoms with Gasteiger partial charge in [0.05, 0.1) is 5.56 Å². The van der Waals surface area contributed by atoms with E-state index >= 15 is 0 Å². The van der Waals surface area contributed by atoms with Crippen LogP contribution in [-0.4, -0.2) is 15.3 Å². The lowest BCUT2D eigenvalue weighted by molar-refractivity contribution is 0.460. The molecule has 0 aliphatic heterocycles. The van der Waals surface area contributed by atoms with Crippen molar-refractivity contribution >= 4 is 11.0 Å². The second kappa shape index (κ2) is 3.70. The molecular weight excluding hydrogens is 232 g/mol. The molecule has 0 aliphatic carbocycles. The molecule has 0 bridgehead atoms. The van der Waals surface area contributed by atoms with Crippen molar-refractivity contribution in [3.8, 4) is 28.6 Å². The van der Waals surface area contributed by atoms with Crippen molar-refractivity contribution in [3.05, 3.63) is 42.5 Å². The predicted octanol–water partition coefficient (Wildman–Crippen LogP) is 3.22. The first-order valence-electron chi connectivity index (χ1n) is 5.38. The first-order chi connectivity index (χ1) is 8.63. The zero-order chi connectivity index (χ0) is 12.7. The van der Waals surface area contributed by atoms with Gasteiger partial charge in [-0.15, -0.1) is 0 Å². The van der Waals surface area contributed by atoms with Crippen LogP contribution in [0.25, 0.3) is 22.3 Å². The van der Waals surface area contributed by atoms with Crippen molar-refractivity contribution < 1.29 is 19.7 Å². The Morgan fingerprint density at radius 1 is 0.778 bits per heavy atom. The smallest absolute Gasteiger partial charge is 0.139 e. The zero-order valence-corrected chi connectivity index (χ0v) is 9.29. The molecule has 3 N–H and O–H groups in total. The number of aromatic hydroxyl groups is 3. The molecule has 0 unspecified atom stereocenters. The standard InChI is InChI=1S/C14H10O4/c15-9-2-4-13-8(5-9)6-14(18-13)11-7-10(16)1-3-12(11)17/h1-7,15-17H. The molecule has 0 atom stereocenters. The van der Waals surface area contributed by atoms with E-state index in [1.165, 1.54) is 24.3 Å². The van der Waals surface area contributed by atoms with E-state index < -0.39 is 0 Å². The van der Waals surface area contributed by atoms with Gasteiger partial charge in [0.1, 0.15) is 28.6 Å². The minimum atomic E-state index is 0.0241. The maximum atomic E-state index is 9.75. The Kier molecular flexibility index (Phi) is 2.16. The van der Waals surface area contributed by atoms with Crippen LogP contribution in [0.2, 0.25) is 0 Å². The van der Waals surface area contributed by atoms with E-state index in [1.54, 1.807) is 18.2 Å². The molecule has 2 aromatic carbocycles. The molecule has 0 saturated carbocycles. The third-order valence-corrected chi connectivity index (χ3v) is 2.75. The number of rotatable bonds is 1. The van der Waals surface area contributed by atoms with Gasteiger partial charge in [0, 0.05) is 5.39 Å². The van der Waals surface area contributed by atoms with Gasteiger partial charge in [0.15, 0.2) is 0 Å². The largest absolute Gasteiger partial charge is 0.508 e. The van der Waals surface area contributed by atoms with E-state index in [0.717, 1.165) is 5.39 Å². The predicted molar refractivity (Wildman–Crippen MR) is 66.6 cm³/mol. The lowest BCUT2D eigenvalue weighted by atomic mass is 10.1. The van der Waals surface area contributed by atoms with Gasteiger partial charge in [-0.2, -0.15) is 0 Å². The van der Waals surface area contributed by atoms with E-state index in [2.05, 4.69) is 0 Å². The van der Waals surface area contributed by atoms with Gasteiger partial charge in [-0.3, -0.25) is 0 Å². The SMILES string of the molecule is Oc1ccc(O)c(-c2cc3cc(O)ccc3o2)c1. The molecule has 0 saturated heterocycles. The van der Waals surface area contributed by atoms with Gasteiger partial charge in [-0.05, 0) is 42.5 Å². The maximum absolute atomic E-state index is 9.75. The first-order valence-corrected chi connectivity index (χ1v) is 5.38. The number of hydrogen-bond acceptors (Lipinski definition) is 4. The summed E-state index contributed by atoms with van der Waals surface area (Å²) in [6.45, 7) is 0. The van der Waals surface area contributed by atoms with Crippen LogP contribution in [-0.2, 0) is 0 Å². The Morgan fingerprint density at radius 3 is 2.33 bits per heavy atom. The van der Waals surface area contributed by atoms with E-state index in [0.29, 0.717) is 16.9 Å². The van der Waals surface area contributed by atoms with E-state index in [1.807, 2.05) is 0 Å². The monoisotopic (exact) mass is 242 g/mol. The molecule has 0 spiro atoms. The Bertz CT molecular complexity index is 728. The zero-order valence-electron chi connectivity index (χ0n) is 9.29. The van der Waals surface area contributed by atoms with Crippen LogP contribution < -0.4 is 0 Å². The van der Waals surface area contributed by atoms with Gasteiger partial charge in [-0.25, -0.2) is 0 Å². The highest BCUT2D eigenvalue weighted by Crippen LogP contribution is 2.36. The van der Waals surface area contributed by atoms with Crippen LogP contribution >= 0.6 is 0 Å². The Hall–Kier alpha value is -2.62. The number of hydrogen-bond donors (Lipinski definition) is 3. The third kappa shape index (κ3) is 1.64. The van der Waals surface area contributed by atoms with Crippen molar-refractivity contribution in [2.45, 2.75) is 0 Å². The fraction of sp³-hybridized carbons (Fsp3) is 0. The minimum Gasteiger partial charge on any atom is -0.508 e. The average Bonchev–Trinajstić information content (AvgIpc) is 2.74. The summed E-state index contributed by atoms with van der Waals surface area (Å²) in [6, 6.07) is 10.7. The Balaban J connectivity index is 2.22. The molecule has 3 rings (SSSR count). The number of phenols is 3. The molecule has 0 aliphatic rings. The third-order valence-electron chi connectivity index (χ3n) is 2.75. The van der Waals surface area contributed by atoms with E-state index in [4.69, 9.17) is 4.42 Å². The van der Waals surface area contributed by atoms with Crippen LogP contribution in [0.5, 0.6) is 17.2 Å². The normalized spacial score (nSPS) is 10.9. The molecule has 0 fully saturated rings. The van der Waals surface area contributed by atoms with Crippen LogP contribution in [0.4, 0.5) is 0 Å². The minimum absolute atomic E-state index is 0.0241. The second-order valence-corrected chi connectivity index (χ2v) is 4.03. The summed E-state index contributed by atoms with van der Waals surface area (Å²) in [7, 11) is 0. The van der Waals surface area contributed by atoms with Crippen molar-refractivity contribution in [2.24, 2.45) is 0 Å². The first kappa shape index (κ1) is 10.5. The fourth-order valence-electron chi connectivity index (χ4n) is 1.88. The lowest BCUT2D eigenvalue weighted by Gasteiger charge is -2.01. The van der Waals surface area contributed by atoms with Gasteiger partial charge >= 0.3 is 0 Å². The summed E-state index contributed by atoms with van der Waals surface area (Å²) in [5.41, 5.74) is 1.01. The molecule has 3 aromatic rings. The fourth-order valence-corrected chi connectivity index (χ4v) is 1.88. The van der Waals surface area contributed by atoms with Crippen molar-refractivity contribution in [1.82, 2.24) is 0 Å². The van der Waals surface area contributed by atoms with Crippen molar-refractivity contribution in [1.29, 1.82) is 0 Å². The Labute approximate surface area is 102 Å². The highest BCUT2D eigenvalue weighted by Gasteiger charge is 2.11. The molecule has 1 heterocycles. The molecule has 90 valence electrons. The van der Waals surface area contributed by atoms with Crippen LogP contribution in [0.15, 0.2) is 46.9 Å². The van der Waals surface area contributed by atoms with E-state index in [-0.39, 0.29) is 17.2 Å². The molecule has 1 aromatic heterocycles. The maximum Gasteiger partial charge on any atom is 0.139 e. The quantitative estimate of drug-likeness (QED) is 0.573. The number of phenolic OH excluding ortho intramolecular Hbond substituents is 3. The highest BCUT2D eigenvalue weighted by molar-refractivity contribution is 5.85. The summed E-state index contributed by atoms with van der Waals surface area (Å²) in [5.74, 6) is 0.654. The second-order valence-electron chi connectivity index (χ2n) is 4.03. The average molecular weight is 242 g/mol. The van der Waals surface area contributed by atoms with Crippen LogP contribution in [0, 0.1) is 0 Å². The number of benzene rings is 2. The molecule has 4 nitrogen and oxygen atoms in total. The highest BCUT2D eigenvalue weighted by atomic mass is 16.3. The summed E-state index contributed by atoms with van der Waals surface area (Å²) in [6.07, 6.45) is 0. The summed E-state index contributed by atoms with van der Waals surface area (Å²) in [5, 5.41) is 29.3. The summed E-state index contributed by atoms with van der Waals surface area (Å²) >= 11 is 0. The van der Waals surface area contributed by atoms with Gasteiger partial charge in [0.2, 0.25) is 0 Å². The number of fused-ring (bicyclic) bond motifs is 1.